The van der Waals surface area contributed by atoms with Gasteiger partial charge in [0.05, 0.1) is 13.2 Å². The molecule has 1 fully saturated rings. The molecule has 0 spiro atoms. The fourth-order valence-corrected chi connectivity index (χ4v) is 6.48. The topological polar surface area (TPSA) is 138 Å². The van der Waals surface area contributed by atoms with Crippen molar-refractivity contribution >= 4 is 29.7 Å². The second-order valence-corrected chi connectivity index (χ2v) is 12.8. The highest BCUT2D eigenvalue weighted by Gasteiger charge is 2.46. The number of methoxy groups -OCH3 is 1. The van der Waals surface area contributed by atoms with Crippen LogP contribution in [-0.4, -0.2) is 79.5 Å². The van der Waals surface area contributed by atoms with Crippen LogP contribution in [0.15, 0.2) is 85.1 Å². The van der Waals surface area contributed by atoms with Gasteiger partial charge in [-0.05, 0) is 54.8 Å². The number of fused-ring (bicyclic) bond motifs is 3. The van der Waals surface area contributed by atoms with Gasteiger partial charge >= 0.3 is 0 Å². The van der Waals surface area contributed by atoms with Gasteiger partial charge in [-0.2, -0.15) is 0 Å². The van der Waals surface area contributed by atoms with Crippen molar-refractivity contribution in [2.24, 2.45) is 5.92 Å². The Labute approximate surface area is 293 Å². The van der Waals surface area contributed by atoms with Crippen molar-refractivity contribution in [1.82, 2.24) is 26.2 Å². The van der Waals surface area contributed by atoms with Crippen LogP contribution in [0.25, 0.3) is 6.08 Å². The molecular formula is C39H47N5O6. The highest BCUT2D eigenvalue weighted by atomic mass is 16.5. The summed E-state index contributed by atoms with van der Waals surface area (Å²) in [4.78, 5) is 57.6. The third kappa shape index (κ3) is 8.70. The van der Waals surface area contributed by atoms with Gasteiger partial charge in [0.15, 0.2) is 0 Å². The Balaban J connectivity index is 1.48. The number of carbonyl (C=O) groups is 4. The Hall–Kier alpha value is -5.16. The zero-order valence-corrected chi connectivity index (χ0v) is 29.1. The molecule has 4 amide bonds. The van der Waals surface area contributed by atoms with E-state index in [-0.39, 0.29) is 30.7 Å². The first-order valence-corrected chi connectivity index (χ1v) is 17.2. The molecule has 2 bridgehead atoms. The molecule has 3 aromatic carbocycles. The maximum absolute atomic E-state index is 14.6. The molecule has 264 valence electrons. The fraction of sp³-hybridized carbons (Fsp3) is 0.385. The van der Waals surface area contributed by atoms with E-state index in [0.29, 0.717) is 36.3 Å². The number of ether oxygens (including phenoxy) is 2. The molecule has 11 heteroatoms. The number of hydrogen-bond donors (Lipinski definition) is 4. The van der Waals surface area contributed by atoms with Gasteiger partial charge < -0.3 is 35.6 Å². The molecule has 2 aliphatic rings. The summed E-state index contributed by atoms with van der Waals surface area (Å²) < 4.78 is 12.0. The van der Waals surface area contributed by atoms with E-state index in [0.717, 1.165) is 11.1 Å². The predicted molar refractivity (Wildman–Crippen MR) is 191 cm³/mol. The number of carbonyl (C=O) groups excluding carboxylic acids is 4. The first-order chi connectivity index (χ1) is 24.2. The molecular weight excluding hydrogens is 634 g/mol. The van der Waals surface area contributed by atoms with E-state index in [2.05, 4.69) is 21.3 Å². The SMILES string of the molecule is CCC(C)C1NC(=O)C2C(CCN2C(=O)C(Cc2ccccc2)NC(=O)C(Cc2ccccc2)NC)Oc2ccc(OC)c(c2)/C=C\NC1=O. The largest absolute Gasteiger partial charge is 0.496 e. The Kier molecular flexibility index (Phi) is 12.3. The number of hydrogen-bond acceptors (Lipinski definition) is 7. The third-order valence-corrected chi connectivity index (χ3v) is 9.51. The maximum Gasteiger partial charge on any atom is 0.247 e. The molecule has 6 unspecified atom stereocenters. The van der Waals surface area contributed by atoms with Crippen molar-refractivity contribution in [3.05, 3.63) is 102 Å². The van der Waals surface area contributed by atoms with Crippen molar-refractivity contribution in [3.8, 4) is 11.5 Å². The number of benzene rings is 3. The summed E-state index contributed by atoms with van der Waals surface area (Å²) in [6, 6.07) is 20.9. The molecule has 6 atom stereocenters. The van der Waals surface area contributed by atoms with Gasteiger partial charge in [0.1, 0.15) is 35.7 Å². The minimum atomic E-state index is -1.07. The molecule has 1 saturated heterocycles. The number of amides is 4. The number of nitrogens with zero attached hydrogens (tertiary/aromatic N) is 1. The average Bonchev–Trinajstić information content (AvgIpc) is 3.55. The summed E-state index contributed by atoms with van der Waals surface area (Å²) in [6.07, 6.45) is 4.15. The van der Waals surface area contributed by atoms with E-state index < -0.39 is 42.1 Å². The molecule has 11 nitrogen and oxygen atoms in total. The number of nitrogens with one attached hydrogen (secondary N) is 4. The fourth-order valence-electron chi connectivity index (χ4n) is 6.48. The van der Waals surface area contributed by atoms with E-state index in [1.165, 1.54) is 11.1 Å². The quantitative estimate of drug-likeness (QED) is 0.244. The molecule has 2 aliphatic heterocycles. The van der Waals surface area contributed by atoms with Crippen molar-refractivity contribution < 1.29 is 28.7 Å². The Morgan fingerprint density at radius 3 is 2.24 bits per heavy atom. The highest BCUT2D eigenvalue weighted by molar-refractivity contribution is 5.96. The lowest BCUT2D eigenvalue weighted by atomic mass is 9.97. The van der Waals surface area contributed by atoms with Crippen molar-refractivity contribution in [3.63, 3.8) is 0 Å². The van der Waals surface area contributed by atoms with Crippen LogP contribution in [0.5, 0.6) is 11.5 Å². The number of rotatable bonds is 11. The van der Waals surface area contributed by atoms with E-state index in [1.807, 2.05) is 74.5 Å². The summed E-state index contributed by atoms with van der Waals surface area (Å²) >= 11 is 0. The molecule has 0 aromatic heterocycles. The lowest BCUT2D eigenvalue weighted by Gasteiger charge is -2.33. The van der Waals surface area contributed by atoms with Crippen LogP contribution in [0.4, 0.5) is 0 Å². The van der Waals surface area contributed by atoms with Crippen LogP contribution in [0, 0.1) is 5.92 Å². The molecule has 0 saturated carbocycles. The summed E-state index contributed by atoms with van der Waals surface area (Å²) in [5.74, 6) is -0.753. The zero-order chi connectivity index (χ0) is 35.6. The van der Waals surface area contributed by atoms with Crippen LogP contribution >= 0.6 is 0 Å². The van der Waals surface area contributed by atoms with Crippen molar-refractivity contribution in [2.45, 2.75) is 69.8 Å². The molecule has 3 aromatic rings. The zero-order valence-electron chi connectivity index (χ0n) is 29.1. The van der Waals surface area contributed by atoms with Crippen LogP contribution in [0.3, 0.4) is 0 Å². The molecule has 0 radical (unpaired) electrons. The van der Waals surface area contributed by atoms with Gasteiger partial charge in [0, 0.05) is 31.1 Å². The van der Waals surface area contributed by atoms with Crippen LogP contribution < -0.4 is 30.7 Å². The lowest BCUT2D eigenvalue weighted by molar-refractivity contribution is -0.144. The van der Waals surface area contributed by atoms with Crippen LogP contribution in [0.2, 0.25) is 0 Å². The second-order valence-electron chi connectivity index (χ2n) is 12.8. The smallest absolute Gasteiger partial charge is 0.247 e. The molecule has 2 heterocycles. The monoisotopic (exact) mass is 681 g/mol. The van der Waals surface area contributed by atoms with Gasteiger partial charge in [-0.15, -0.1) is 0 Å². The lowest BCUT2D eigenvalue weighted by Crippen LogP contribution is -2.60. The Bertz CT molecular complexity index is 1670. The normalized spacial score (nSPS) is 21.4. The van der Waals surface area contributed by atoms with Gasteiger partial charge in [0.25, 0.3) is 0 Å². The summed E-state index contributed by atoms with van der Waals surface area (Å²) in [5, 5.41) is 11.8. The molecule has 50 heavy (non-hydrogen) atoms. The second kappa shape index (κ2) is 17.0. The van der Waals surface area contributed by atoms with E-state index >= 15 is 0 Å². The van der Waals surface area contributed by atoms with E-state index in [9.17, 15) is 19.2 Å². The highest BCUT2D eigenvalue weighted by Crippen LogP contribution is 2.30. The minimum absolute atomic E-state index is 0.203. The molecule has 5 rings (SSSR count). The number of likely N-dealkylation sites (N-methyl/N-ethyl adjacent to an activating group) is 1. The molecule has 0 aliphatic carbocycles. The van der Waals surface area contributed by atoms with E-state index in [1.54, 1.807) is 38.4 Å². The van der Waals surface area contributed by atoms with Gasteiger partial charge in [-0.25, -0.2) is 0 Å². The van der Waals surface area contributed by atoms with Gasteiger partial charge in [-0.3, -0.25) is 19.2 Å². The third-order valence-electron chi connectivity index (χ3n) is 9.51. The first kappa shape index (κ1) is 36.1. The predicted octanol–water partition coefficient (Wildman–Crippen LogP) is 3.23. The van der Waals surface area contributed by atoms with Crippen LogP contribution in [0.1, 0.15) is 43.4 Å². The minimum Gasteiger partial charge on any atom is -0.496 e. The summed E-state index contributed by atoms with van der Waals surface area (Å²) in [7, 11) is 3.27. The summed E-state index contributed by atoms with van der Waals surface area (Å²) in [6.45, 7) is 4.05. The molecule has 4 N–H and O–H groups in total. The van der Waals surface area contributed by atoms with Crippen molar-refractivity contribution in [1.29, 1.82) is 0 Å². The number of likely N-dealkylation sites (tertiary alicyclic amines) is 1. The Morgan fingerprint density at radius 2 is 1.62 bits per heavy atom. The standard InChI is InChI=1S/C39H47N5O6/c1-5-25(2)34-37(46)41-20-18-28-24-29(16-17-32(28)49-4)50-33-19-21-44(35(33)38(47)43-34)39(48)31(23-27-14-10-7-11-15-27)42-36(45)30(40-3)22-26-12-8-6-9-13-26/h6-18,20,24-25,30-31,33-35,40H,5,19,21-23H2,1-4H3,(H,41,46)(H,42,45)(H,43,47)/b20-18-. The Morgan fingerprint density at radius 1 is 0.960 bits per heavy atom. The van der Waals surface area contributed by atoms with Crippen LogP contribution in [-0.2, 0) is 32.0 Å². The van der Waals surface area contributed by atoms with Gasteiger partial charge in [-0.1, -0.05) is 80.9 Å². The first-order valence-electron chi connectivity index (χ1n) is 17.2. The van der Waals surface area contributed by atoms with E-state index in [4.69, 9.17) is 9.47 Å². The van der Waals surface area contributed by atoms with Crippen molar-refractivity contribution in [2.75, 3.05) is 20.7 Å². The maximum atomic E-state index is 14.6. The summed E-state index contributed by atoms with van der Waals surface area (Å²) in [5.41, 5.74) is 2.50. The van der Waals surface area contributed by atoms with Gasteiger partial charge in [0.2, 0.25) is 23.6 Å². The average molecular weight is 682 g/mol.